The van der Waals surface area contributed by atoms with Crippen LogP contribution in [0.1, 0.15) is 24.0 Å². The van der Waals surface area contributed by atoms with Crippen LogP contribution in [-0.4, -0.2) is 35.3 Å². The first-order valence-electron chi connectivity index (χ1n) is 9.62. The quantitative estimate of drug-likeness (QED) is 0.624. The average Bonchev–Trinajstić information content (AvgIpc) is 3.00. The van der Waals surface area contributed by atoms with Gasteiger partial charge in [0, 0.05) is 42.3 Å². The molecule has 0 aromatic heterocycles. The number of benzene rings is 2. The van der Waals surface area contributed by atoms with E-state index in [0.29, 0.717) is 29.8 Å². The minimum atomic E-state index is -2.31. The van der Waals surface area contributed by atoms with Gasteiger partial charge in [-0.05, 0) is 53.9 Å². The number of aliphatic hydroxyl groups is 1. The van der Waals surface area contributed by atoms with Crippen molar-refractivity contribution in [2.24, 2.45) is 0 Å². The molecule has 1 fully saturated rings. The van der Waals surface area contributed by atoms with Crippen molar-refractivity contribution in [2.45, 2.75) is 31.6 Å². The third-order valence-electron chi connectivity index (χ3n) is 5.17. The summed E-state index contributed by atoms with van der Waals surface area (Å²) >= 11 is 5.78. The number of nitrogens with one attached hydrogen (secondary N) is 2. The molecule has 2 aliphatic rings. The van der Waals surface area contributed by atoms with E-state index in [4.69, 9.17) is 16.3 Å². The second-order valence-corrected chi connectivity index (χ2v) is 7.84. The van der Waals surface area contributed by atoms with E-state index in [0.717, 1.165) is 11.6 Å². The minimum absolute atomic E-state index is 0.0631. The van der Waals surface area contributed by atoms with E-state index in [1.165, 1.54) is 17.0 Å². The van der Waals surface area contributed by atoms with E-state index in [1.54, 1.807) is 18.2 Å². The van der Waals surface area contributed by atoms with E-state index in [2.05, 4.69) is 10.6 Å². The van der Waals surface area contributed by atoms with Crippen LogP contribution in [-0.2, 0) is 27.3 Å². The SMILES string of the molecule is O=C1CCc2cc(N3CC[C@](O)(OC(=O)NCc4cc(F)cc(Cl)c4)C3=O)ccc2N1. The molecule has 0 unspecified atom stereocenters. The number of carbonyl (C=O) groups excluding carboxylic acids is 3. The van der Waals surface area contributed by atoms with Crippen LogP contribution >= 0.6 is 11.6 Å². The molecule has 1 saturated heterocycles. The molecule has 0 saturated carbocycles. The average molecular weight is 448 g/mol. The Morgan fingerprint density at radius 1 is 1.26 bits per heavy atom. The number of alkyl carbamates (subject to hydrolysis) is 1. The van der Waals surface area contributed by atoms with E-state index >= 15 is 0 Å². The van der Waals surface area contributed by atoms with Crippen molar-refractivity contribution in [2.75, 3.05) is 16.8 Å². The van der Waals surface area contributed by atoms with Gasteiger partial charge in [0.15, 0.2) is 0 Å². The molecule has 2 aliphatic heterocycles. The van der Waals surface area contributed by atoms with Crippen LogP contribution in [0.2, 0.25) is 5.02 Å². The number of hydrogen-bond acceptors (Lipinski definition) is 5. The highest BCUT2D eigenvalue weighted by Gasteiger charge is 2.49. The second kappa shape index (κ2) is 8.16. The van der Waals surface area contributed by atoms with Crippen molar-refractivity contribution >= 4 is 40.9 Å². The maximum Gasteiger partial charge on any atom is 0.410 e. The molecule has 4 rings (SSSR count). The van der Waals surface area contributed by atoms with E-state index in [-0.39, 0.29) is 30.4 Å². The summed E-state index contributed by atoms with van der Waals surface area (Å²) in [6.07, 6.45) is -0.233. The number of carbonyl (C=O) groups is 3. The number of anilines is 2. The Morgan fingerprint density at radius 2 is 2.06 bits per heavy atom. The van der Waals surface area contributed by atoms with Crippen LogP contribution in [0.25, 0.3) is 0 Å². The largest absolute Gasteiger partial charge is 0.410 e. The molecule has 3 amide bonds. The fourth-order valence-corrected chi connectivity index (χ4v) is 3.88. The summed E-state index contributed by atoms with van der Waals surface area (Å²) in [5.41, 5.74) is 2.51. The molecule has 0 spiro atoms. The standard InChI is InChI=1S/C21H19ClFN3O5/c22-14-7-12(8-15(23)10-14)11-24-20(29)31-21(30)5-6-26(19(21)28)16-2-3-17-13(9-16)1-4-18(27)25-17/h2-3,7-10,30H,1,4-6,11H2,(H,24,29)(H,25,27)/t21-/m0/s1. The molecule has 1 atom stereocenters. The summed E-state index contributed by atoms with van der Waals surface area (Å²) in [7, 11) is 0. The maximum atomic E-state index is 13.4. The normalized spacial score (nSPS) is 20.3. The van der Waals surface area contributed by atoms with Crippen LogP contribution < -0.4 is 15.5 Å². The Hall–Kier alpha value is -3.17. The van der Waals surface area contributed by atoms with Crippen molar-refractivity contribution in [3.8, 4) is 0 Å². The van der Waals surface area contributed by atoms with Gasteiger partial charge in [0.2, 0.25) is 5.91 Å². The summed E-state index contributed by atoms with van der Waals surface area (Å²) in [6.45, 7) is 0.0497. The first-order chi connectivity index (χ1) is 14.7. The van der Waals surface area contributed by atoms with Crippen LogP contribution in [0, 0.1) is 5.82 Å². The van der Waals surface area contributed by atoms with Crippen molar-refractivity contribution in [1.82, 2.24) is 5.32 Å². The summed E-state index contributed by atoms with van der Waals surface area (Å²) in [4.78, 5) is 37.7. The highest BCUT2D eigenvalue weighted by Crippen LogP contribution is 2.33. The zero-order chi connectivity index (χ0) is 22.2. The first-order valence-corrected chi connectivity index (χ1v) is 10.0. The molecule has 0 aliphatic carbocycles. The van der Waals surface area contributed by atoms with Crippen molar-refractivity contribution < 1.29 is 28.6 Å². The first kappa shape index (κ1) is 21.1. The van der Waals surface area contributed by atoms with Gasteiger partial charge in [0.05, 0.1) is 0 Å². The Labute approximate surface area is 181 Å². The number of rotatable bonds is 4. The van der Waals surface area contributed by atoms with Gasteiger partial charge in [-0.2, -0.15) is 0 Å². The number of hydrogen-bond donors (Lipinski definition) is 3. The third-order valence-corrected chi connectivity index (χ3v) is 5.39. The summed E-state index contributed by atoms with van der Waals surface area (Å²) in [5, 5.41) is 15.9. The van der Waals surface area contributed by atoms with Gasteiger partial charge < -0.3 is 25.4 Å². The molecule has 2 aromatic rings. The van der Waals surface area contributed by atoms with Crippen molar-refractivity contribution in [3.05, 3.63) is 58.4 Å². The number of ether oxygens (including phenoxy) is 1. The molecular formula is C21H19ClFN3O5. The van der Waals surface area contributed by atoms with Gasteiger partial charge >= 0.3 is 6.09 Å². The molecule has 2 aromatic carbocycles. The molecule has 162 valence electrons. The molecule has 31 heavy (non-hydrogen) atoms. The summed E-state index contributed by atoms with van der Waals surface area (Å²) in [6, 6.07) is 8.92. The van der Waals surface area contributed by atoms with Gasteiger partial charge in [0.1, 0.15) is 5.82 Å². The van der Waals surface area contributed by atoms with Crippen LogP contribution in [0.3, 0.4) is 0 Å². The van der Waals surface area contributed by atoms with Gasteiger partial charge in [-0.1, -0.05) is 11.6 Å². The predicted molar refractivity (Wildman–Crippen MR) is 110 cm³/mol. The smallest absolute Gasteiger partial charge is 0.407 e. The van der Waals surface area contributed by atoms with Gasteiger partial charge in [0.25, 0.3) is 11.7 Å². The number of nitrogens with zero attached hydrogens (tertiary/aromatic N) is 1. The lowest BCUT2D eigenvalue weighted by Crippen LogP contribution is -2.46. The van der Waals surface area contributed by atoms with Crippen LogP contribution in [0.5, 0.6) is 0 Å². The zero-order valence-corrected chi connectivity index (χ0v) is 17.0. The lowest BCUT2D eigenvalue weighted by Gasteiger charge is -2.24. The molecular weight excluding hydrogens is 429 g/mol. The number of halogens is 2. The lowest BCUT2D eigenvalue weighted by atomic mass is 10.0. The Balaban J connectivity index is 1.40. The lowest BCUT2D eigenvalue weighted by molar-refractivity contribution is -0.175. The van der Waals surface area contributed by atoms with Gasteiger partial charge in [-0.3, -0.25) is 9.59 Å². The topological polar surface area (TPSA) is 108 Å². The molecule has 10 heteroatoms. The van der Waals surface area contributed by atoms with Crippen LogP contribution in [0.15, 0.2) is 36.4 Å². The molecule has 8 nitrogen and oxygen atoms in total. The van der Waals surface area contributed by atoms with Crippen molar-refractivity contribution in [1.29, 1.82) is 0 Å². The predicted octanol–water partition coefficient (Wildman–Crippen LogP) is 2.72. The van der Waals surface area contributed by atoms with Gasteiger partial charge in [-0.25, -0.2) is 9.18 Å². The number of fused-ring (bicyclic) bond motifs is 1. The Morgan fingerprint density at radius 3 is 2.84 bits per heavy atom. The molecule has 0 radical (unpaired) electrons. The Kier molecular flexibility index (Phi) is 5.55. The highest BCUT2D eigenvalue weighted by atomic mass is 35.5. The minimum Gasteiger partial charge on any atom is -0.407 e. The van der Waals surface area contributed by atoms with E-state index < -0.39 is 23.6 Å². The van der Waals surface area contributed by atoms with E-state index in [9.17, 15) is 23.9 Å². The molecule has 3 N–H and O–H groups in total. The number of amides is 3. The molecule has 0 bridgehead atoms. The zero-order valence-electron chi connectivity index (χ0n) is 16.3. The molecule has 2 heterocycles. The monoisotopic (exact) mass is 447 g/mol. The van der Waals surface area contributed by atoms with E-state index in [1.807, 2.05) is 0 Å². The third kappa shape index (κ3) is 4.47. The summed E-state index contributed by atoms with van der Waals surface area (Å²) < 4.78 is 18.4. The Bertz CT molecular complexity index is 1060. The van der Waals surface area contributed by atoms with Crippen LogP contribution in [0.4, 0.5) is 20.6 Å². The second-order valence-electron chi connectivity index (χ2n) is 7.40. The fraction of sp³-hybridized carbons (Fsp3) is 0.286. The van der Waals surface area contributed by atoms with Gasteiger partial charge in [-0.15, -0.1) is 0 Å². The fourth-order valence-electron chi connectivity index (χ4n) is 3.64. The number of aryl methyl sites for hydroxylation is 1. The van der Waals surface area contributed by atoms with Crippen molar-refractivity contribution in [3.63, 3.8) is 0 Å². The maximum absolute atomic E-state index is 13.4. The highest BCUT2D eigenvalue weighted by molar-refractivity contribution is 6.30. The summed E-state index contributed by atoms with van der Waals surface area (Å²) in [5.74, 6) is -3.70.